The van der Waals surface area contributed by atoms with E-state index in [1.165, 1.54) is 23.5 Å². The number of halogens is 1. The lowest BCUT2D eigenvalue weighted by molar-refractivity contribution is 0.0730. The van der Waals surface area contributed by atoms with Crippen LogP contribution in [0.25, 0.3) is 11.0 Å². The first-order valence-corrected chi connectivity index (χ1v) is 10.4. The molecule has 0 aliphatic rings. The minimum Gasteiger partial charge on any atom is -0.331 e. The Balaban J connectivity index is 1.94. The largest absolute Gasteiger partial charge is 0.331 e. The third-order valence-electron chi connectivity index (χ3n) is 4.60. The van der Waals surface area contributed by atoms with E-state index in [-0.39, 0.29) is 11.7 Å². The highest BCUT2D eigenvalue weighted by Gasteiger charge is 2.20. The zero-order valence-electron chi connectivity index (χ0n) is 16.1. The van der Waals surface area contributed by atoms with Gasteiger partial charge in [0.05, 0.1) is 23.1 Å². The molecule has 0 atom stereocenters. The normalized spacial score (nSPS) is 11.4. The predicted molar refractivity (Wildman–Crippen MR) is 108 cm³/mol. The molecule has 3 aromatic rings. The molecule has 1 amide bonds. The molecule has 6 heteroatoms. The molecule has 27 heavy (non-hydrogen) atoms. The van der Waals surface area contributed by atoms with Gasteiger partial charge in [-0.2, -0.15) is 11.3 Å². The fourth-order valence-corrected chi connectivity index (χ4v) is 3.78. The zero-order chi connectivity index (χ0) is 19.4. The fourth-order valence-electron chi connectivity index (χ4n) is 3.15. The third-order valence-corrected chi connectivity index (χ3v) is 5.28. The van der Waals surface area contributed by atoms with Gasteiger partial charge < -0.3 is 9.47 Å². The quantitative estimate of drug-likeness (QED) is 0.523. The summed E-state index contributed by atoms with van der Waals surface area (Å²) < 4.78 is 15.7. The Morgan fingerprint density at radius 3 is 2.81 bits per heavy atom. The average Bonchev–Trinajstić information content (AvgIpc) is 3.26. The van der Waals surface area contributed by atoms with Crippen molar-refractivity contribution in [2.24, 2.45) is 5.92 Å². The van der Waals surface area contributed by atoms with Crippen molar-refractivity contribution in [2.45, 2.75) is 46.7 Å². The van der Waals surface area contributed by atoms with Crippen LogP contribution in [0.4, 0.5) is 4.39 Å². The van der Waals surface area contributed by atoms with Crippen LogP contribution in [-0.2, 0) is 13.1 Å². The number of carbonyl (C=O) groups excluding carboxylic acids is 1. The van der Waals surface area contributed by atoms with Crippen LogP contribution in [0.5, 0.6) is 0 Å². The highest BCUT2D eigenvalue weighted by molar-refractivity contribution is 7.08. The summed E-state index contributed by atoms with van der Waals surface area (Å²) in [5, 5.41) is 3.80. The van der Waals surface area contributed by atoms with E-state index in [0.717, 1.165) is 30.7 Å². The van der Waals surface area contributed by atoms with Crippen molar-refractivity contribution in [3.63, 3.8) is 0 Å². The molecule has 0 N–H and O–H groups in total. The summed E-state index contributed by atoms with van der Waals surface area (Å²) in [6, 6.07) is 6.56. The maximum absolute atomic E-state index is 13.6. The number of rotatable bonds is 8. The van der Waals surface area contributed by atoms with Crippen molar-refractivity contribution in [3.05, 3.63) is 52.2 Å². The summed E-state index contributed by atoms with van der Waals surface area (Å²) in [5.41, 5.74) is 2.28. The monoisotopic (exact) mass is 387 g/mol. The Morgan fingerprint density at radius 1 is 1.33 bits per heavy atom. The van der Waals surface area contributed by atoms with Gasteiger partial charge >= 0.3 is 0 Å². The Kier molecular flexibility index (Phi) is 6.26. The molecule has 0 radical (unpaired) electrons. The van der Waals surface area contributed by atoms with E-state index in [1.54, 1.807) is 6.07 Å². The number of fused-ring (bicyclic) bond motifs is 1. The number of benzene rings is 1. The molecule has 1 aromatic carbocycles. The van der Waals surface area contributed by atoms with E-state index >= 15 is 0 Å². The van der Waals surface area contributed by atoms with Crippen molar-refractivity contribution in [1.29, 1.82) is 0 Å². The van der Waals surface area contributed by atoms with Crippen LogP contribution >= 0.6 is 11.3 Å². The summed E-state index contributed by atoms with van der Waals surface area (Å²) >= 11 is 1.52. The van der Waals surface area contributed by atoms with Gasteiger partial charge in [0.15, 0.2) is 0 Å². The SMILES string of the molecule is CCCn1c(CN(CCC(C)C)C(=O)c2ccsc2)nc2cc(F)ccc21. The minimum absolute atomic E-state index is 0.0261. The number of aryl methyl sites for hydroxylation is 1. The average molecular weight is 388 g/mol. The van der Waals surface area contributed by atoms with Crippen LogP contribution in [0.3, 0.4) is 0 Å². The maximum atomic E-state index is 13.6. The molecule has 4 nitrogen and oxygen atoms in total. The van der Waals surface area contributed by atoms with E-state index in [9.17, 15) is 9.18 Å². The van der Waals surface area contributed by atoms with E-state index < -0.39 is 0 Å². The predicted octanol–water partition coefficient (Wildman–Crippen LogP) is 5.34. The fraction of sp³-hybridized carbons (Fsp3) is 0.429. The molecule has 0 unspecified atom stereocenters. The number of imidazole rings is 1. The number of hydrogen-bond donors (Lipinski definition) is 0. The molecule has 2 heterocycles. The Bertz CT molecular complexity index is 902. The summed E-state index contributed by atoms with van der Waals surface area (Å²) in [5.74, 6) is 1.05. The molecular formula is C21H26FN3OS. The molecule has 144 valence electrons. The van der Waals surface area contributed by atoms with E-state index in [2.05, 4.69) is 30.3 Å². The Hall–Kier alpha value is -2.21. The summed E-state index contributed by atoms with van der Waals surface area (Å²) in [6.45, 7) is 8.31. The molecule has 0 aliphatic carbocycles. The standard InChI is InChI=1S/C21H26FN3OS/c1-4-9-25-19-6-5-17(22)12-18(19)23-20(25)13-24(10-7-15(2)3)21(26)16-8-11-27-14-16/h5-6,8,11-12,14-15H,4,7,9-10,13H2,1-3H3. The van der Waals surface area contributed by atoms with Gasteiger partial charge in [0.25, 0.3) is 5.91 Å². The number of thiophene rings is 1. The van der Waals surface area contributed by atoms with Crippen LogP contribution in [0.2, 0.25) is 0 Å². The second-order valence-electron chi connectivity index (χ2n) is 7.23. The van der Waals surface area contributed by atoms with Crippen molar-refractivity contribution in [2.75, 3.05) is 6.54 Å². The smallest absolute Gasteiger partial charge is 0.255 e. The molecule has 0 saturated heterocycles. The summed E-state index contributed by atoms with van der Waals surface area (Å²) in [7, 11) is 0. The highest BCUT2D eigenvalue weighted by Crippen LogP contribution is 2.21. The van der Waals surface area contributed by atoms with Crippen LogP contribution in [0.1, 0.15) is 49.8 Å². The first kappa shape index (κ1) is 19.5. The van der Waals surface area contributed by atoms with Gasteiger partial charge in [0.2, 0.25) is 0 Å². The van der Waals surface area contributed by atoms with Gasteiger partial charge in [-0.25, -0.2) is 9.37 Å². The van der Waals surface area contributed by atoms with Gasteiger partial charge in [-0.3, -0.25) is 4.79 Å². The van der Waals surface area contributed by atoms with E-state index in [0.29, 0.717) is 30.1 Å². The summed E-state index contributed by atoms with van der Waals surface area (Å²) in [4.78, 5) is 19.5. The lowest BCUT2D eigenvalue weighted by atomic mass is 10.1. The number of hydrogen-bond acceptors (Lipinski definition) is 3. The van der Waals surface area contributed by atoms with Crippen molar-refractivity contribution in [1.82, 2.24) is 14.5 Å². The van der Waals surface area contributed by atoms with Crippen molar-refractivity contribution < 1.29 is 9.18 Å². The zero-order valence-corrected chi connectivity index (χ0v) is 16.9. The number of carbonyl (C=O) groups is 1. The van der Waals surface area contributed by atoms with Gasteiger partial charge in [0.1, 0.15) is 11.6 Å². The van der Waals surface area contributed by atoms with Crippen molar-refractivity contribution >= 4 is 28.3 Å². The van der Waals surface area contributed by atoms with E-state index in [4.69, 9.17) is 0 Å². The number of aromatic nitrogens is 2. The van der Waals surface area contributed by atoms with E-state index in [1.807, 2.05) is 21.7 Å². The second kappa shape index (κ2) is 8.65. The molecule has 0 aliphatic heterocycles. The minimum atomic E-state index is -0.291. The van der Waals surface area contributed by atoms with Gasteiger partial charge in [0, 0.05) is 24.5 Å². The number of amides is 1. The molecular weight excluding hydrogens is 361 g/mol. The number of nitrogens with zero attached hydrogens (tertiary/aromatic N) is 3. The highest BCUT2D eigenvalue weighted by atomic mass is 32.1. The molecule has 0 spiro atoms. The topological polar surface area (TPSA) is 38.1 Å². The van der Waals surface area contributed by atoms with Gasteiger partial charge in [-0.05, 0) is 42.3 Å². The third kappa shape index (κ3) is 4.56. The van der Waals surface area contributed by atoms with Gasteiger partial charge in [-0.15, -0.1) is 0 Å². The molecule has 0 bridgehead atoms. The van der Waals surface area contributed by atoms with Crippen LogP contribution in [0.15, 0.2) is 35.0 Å². The molecule has 3 rings (SSSR count). The lowest BCUT2D eigenvalue weighted by Gasteiger charge is -2.23. The molecule has 0 saturated carbocycles. The second-order valence-corrected chi connectivity index (χ2v) is 8.01. The lowest BCUT2D eigenvalue weighted by Crippen LogP contribution is -2.33. The molecule has 0 fully saturated rings. The summed E-state index contributed by atoms with van der Waals surface area (Å²) in [6.07, 6.45) is 1.87. The van der Waals surface area contributed by atoms with Crippen molar-refractivity contribution in [3.8, 4) is 0 Å². The Morgan fingerprint density at radius 2 is 2.15 bits per heavy atom. The Labute approximate surface area is 163 Å². The first-order chi connectivity index (χ1) is 13.0. The molecule has 2 aromatic heterocycles. The van der Waals surface area contributed by atoms with Crippen LogP contribution in [-0.4, -0.2) is 26.9 Å². The van der Waals surface area contributed by atoms with Gasteiger partial charge in [-0.1, -0.05) is 20.8 Å². The van der Waals surface area contributed by atoms with Crippen LogP contribution in [0, 0.1) is 11.7 Å². The van der Waals surface area contributed by atoms with Crippen LogP contribution < -0.4 is 0 Å². The maximum Gasteiger partial charge on any atom is 0.255 e. The first-order valence-electron chi connectivity index (χ1n) is 9.45.